The Kier molecular flexibility index (Phi) is 3.03. The summed E-state index contributed by atoms with van der Waals surface area (Å²) < 4.78 is 3.03. The fourth-order valence-electron chi connectivity index (χ4n) is 2.86. The van der Waals surface area contributed by atoms with Gasteiger partial charge in [0.1, 0.15) is 5.69 Å². The Balaban J connectivity index is 1.58. The minimum Gasteiger partial charge on any atom is -0.384 e. The van der Waals surface area contributed by atoms with Crippen LogP contribution in [0, 0.1) is 0 Å². The van der Waals surface area contributed by atoms with Gasteiger partial charge in [-0.2, -0.15) is 0 Å². The zero-order chi connectivity index (χ0) is 14.4. The van der Waals surface area contributed by atoms with E-state index in [1.165, 1.54) is 11.3 Å². The van der Waals surface area contributed by atoms with E-state index in [-0.39, 0.29) is 5.91 Å². The van der Waals surface area contributed by atoms with Gasteiger partial charge < -0.3 is 15.2 Å². The van der Waals surface area contributed by atoms with Crippen molar-refractivity contribution in [3.63, 3.8) is 0 Å². The molecule has 108 valence electrons. The van der Waals surface area contributed by atoms with E-state index >= 15 is 0 Å². The lowest BCUT2D eigenvalue weighted by atomic mass is 10.1. The zero-order valence-corrected chi connectivity index (χ0v) is 13.1. The molecule has 4 nitrogen and oxygen atoms in total. The minimum absolute atomic E-state index is 0.0430. The number of hydrogen-bond donors (Lipinski definition) is 2. The Morgan fingerprint density at radius 2 is 2.19 bits per heavy atom. The van der Waals surface area contributed by atoms with Gasteiger partial charge in [0.25, 0.3) is 5.91 Å². The van der Waals surface area contributed by atoms with Crippen molar-refractivity contribution in [1.29, 1.82) is 0 Å². The summed E-state index contributed by atoms with van der Waals surface area (Å²) in [5.74, 6) is -0.0430. The summed E-state index contributed by atoms with van der Waals surface area (Å²) in [5, 5.41) is 6.34. The van der Waals surface area contributed by atoms with E-state index in [1.807, 2.05) is 24.4 Å². The van der Waals surface area contributed by atoms with Gasteiger partial charge in [-0.15, -0.1) is 0 Å². The van der Waals surface area contributed by atoms with Crippen molar-refractivity contribution in [3.05, 3.63) is 46.2 Å². The van der Waals surface area contributed by atoms with Crippen LogP contribution in [-0.2, 0) is 6.42 Å². The summed E-state index contributed by atoms with van der Waals surface area (Å²) in [6, 6.07) is 8.43. The van der Waals surface area contributed by atoms with Crippen molar-refractivity contribution in [2.24, 2.45) is 0 Å². The molecule has 0 unspecified atom stereocenters. The first-order valence-electron chi connectivity index (χ1n) is 7.26. The third-order valence-corrected chi connectivity index (χ3v) is 4.49. The lowest BCUT2D eigenvalue weighted by Gasteiger charge is -2.10. The largest absolute Gasteiger partial charge is 0.384 e. The van der Waals surface area contributed by atoms with Crippen LogP contribution in [0.2, 0.25) is 0 Å². The molecular formula is C16H16BrN3O. The third-order valence-electron chi connectivity index (χ3n) is 4.06. The number of nitrogens with zero attached hydrogens (tertiary/aromatic N) is 1. The number of carbonyl (C=O) groups excluding carboxylic acids is 1. The summed E-state index contributed by atoms with van der Waals surface area (Å²) in [7, 11) is 0. The van der Waals surface area contributed by atoms with E-state index in [0.717, 1.165) is 41.7 Å². The van der Waals surface area contributed by atoms with Gasteiger partial charge in [-0.1, -0.05) is 0 Å². The Morgan fingerprint density at radius 3 is 3.00 bits per heavy atom. The van der Waals surface area contributed by atoms with Gasteiger partial charge in [0.2, 0.25) is 0 Å². The molecule has 0 radical (unpaired) electrons. The molecule has 2 aromatic rings. The molecule has 1 fully saturated rings. The van der Waals surface area contributed by atoms with Gasteiger partial charge in [0, 0.05) is 34.6 Å². The van der Waals surface area contributed by atoms with Crippen molar-refractivity contribution in [2.45, 2.75) is 25.3 Å². The number of benzene rings is 1. The third kappa shape index (κ3) is 2.46. The van der Waals surface area contributed by atoms with Crippen LogP contribution in [0.4, 0.5) is 11.4 Å². The number of aromatic nitrogens is 1. The smallest absolute Gasteiger partial charge is 0.272 e. The Bertz CT molecular complexity index is 718. The highest BCUT2D eigenvalue weighted by Gasteiger charge is 2.27. The lowest BCUT2D eigenvalue weighted by Crippen LogP contribution is -2.16. The molecule has 1 saturated carbocycles. The highest BCUT2D eigenvalue weighted by atomic mass is 79.9. The standard InChI is InChI=1S/C16H16BrN3O/c17-11-8-15(20(9-11)13-2-3-13)16(21)19-12-1-4-14-10(7-12)5-6-18-14/h1,4,7-9,13,18H,2-3,5-6H2,(H,19,21). The topological polar surface area (TPSA) is 46.1 Å². The van der Waals surface area contributed by atoms with Crippen LogP contribution in [0.15, 0.2) is 34.9 Å². The van der Waals surface area contributed by atoms with Crippen LogP contribution >= 0.6 is 15.9 Å². The molecule has 1 aromatic heterocycles. The SMILES string of the molecule is O=C(Nc1ccc2c(c1)CCN2)c1cc(Br)cn1C1CC1. The second kappa shape index (κ2) is 4.91. The first-order valence-corrected chi connectivity index (χ1v) is 8.05. The molecule has 0 bridgehead atoms. The molecule has 0 spiro atoms. The van der Waals surface area contributed by atoms with Gasteiger partial charge in [-0.3, -0.25) is 4.79 Å². The first-order chi connectivity index (χ1) is 10.2. The van der Waals surface area contributed by atoms with Crippen LogP contribution in [0.1, 0.15) is 34.9 Å². The van der Waals surface area contributed by atoms with Crippen molar-refractivity contribution >= 4 is 33.2 Å². The van der Waals surface area contributed by atoms with E-state index < -0.39 is 0 Å². The quantitative estimate of drug-likeness (QED) is 0.888. The fraction of sp³-hybridized carbons (Fsp3) is 0.312. The average molecular weight is 346 g/mol. The lowest BCUT2D eigenvalue weighted by molar-refractivity contribution is 0.101. The van der Waals surface area contributed by atoms with E-state index in [0.29, 0.717) is 6.04 Å². The molecule has 1 aromatic carbocycles. The van der Waals surface area contributed by atoms with E-state index in [9.17, 15) is 4.79 Å². The highest BCUT2D eigenvalue weighted by molar-refractivity contribution is 9.10. The fourth-order valence-corrected chi connectivity index (χ4v) is 3.30. The van der Waals surface area contributed by atoms with Crippen LogP contribution in [0.3, 0.4) is 0 Å². The molecular weight excluding hydrogens is 330 g/mol. The molecule has 5 heteroatoms. The van der Waals surface area contributed by atoms with Crippen molar-refractivity contribution < 1.29 is 4.79 Å². The molecule has 2 N–H and O–H groups in total. The van der Waals surface area contributed by atoms with Crippen molar-refractivity contribution in [1.82, 2.24) is 4.57 Å². The highest BCUT2D eigenvalue weighted by Crippen LogP contribution is 2.37. The summed E-state index contributed by atoms with van der Waals surface area (Å²) in [6.45, 7) is 0.976. The predicted octanol–water partition coefficient (Wildman–Crippen LogP) is 3.81. The van der Waals surface area contributed by atoms with Crippen LogP contribution in [0.5, 0.6) is 0 Å². The normalized spacial score (nSPS) is 16.4. The molecule has 4 rings (SSSR count). The number of hydrogen-bond acceptors (Lipinski definition) is 2. The van der Waals surface area contributed by atoms with Crippen molar-refractivity contribution in [3.8, 4) is 0 Å². The molecule has 2 heterocycles. The number of rotatable bonds is 3. The molecule has 0 saturated heterocycles. The second-order valence-corrected chi connectivity index (χ2v) is 6.60. The van der Waals surface area contributed by atoms with Gasteiger partial charge >= 0.3 is 0 Å². The average Bonchev–Trinajstić information content (AvgIpc) is 3.07. The van der Waals surface area contributed by atoms with Gasteiger partial charge in [0.05, 0.1) is 0 Å². The van der Waals surface area contributed by atoms with Crippen LogP contribution in [-0.4, -0.2) is 17.0 Å². The summed E-state index contributed by atoms with van der Waals surface area (Å²) in [6.07, 6.45) is 5.33. The maximum absolute atomic E-state index is 12.5. The van der Waals surface area contributed by atoms with Crippen LogP contribution < -0.4 is 10.6 Å². The number of halogens is 1. The minimum atomic E-state index is -0.0430. The molecule has 1 aliphatic carbocycles. The number of nitrogens with one attached hydrogen (secondary N) is 2. The Labute approximate surface area is 131 Å². The maximum atomic E-state index is 12.5. The maximum Gasteiger partial charge on any atom is 0.272 e. The predicted molar refractivity (Wildman–Crippen MR) is 87.0 cm³/mol. The van der Waals surface area contributed by atoms with E-state index in [2.05, 4.69) is 37.2 Å². The molecule has 1 amide bonds. The number of anilines is 2. The molecule has 1 aliphatic heterocycles. The number of fused-ring (bicyclic) bond motifs is 1. The number of carbonyl (C=O) groups is 1. The first kappa shape index (κ1) is 13.0. The van der Waals surface area contributed by atoms with Gasteiger partial charge in [-0.05, 0) is 65.0 Å². The summed E-state index contributed by atoms with van der Waals surface area (Å²) in [5.41, 5.74) is 4.04. The Morgan fingerprint density at radius 1 is 1.33 bits per heavy atom. The van der Waals surface area contributed by atoms with Crippen molar-refractivity contribution in [2.75, 3.05) is 17.2 Å². The Hall–Kier alpha value is -1.75. The van der Waals surface area contributed by atoms with Crippen LogP contribution in [0.25, 0.3) is 0 Å². The van der Waals surface area contributed by atoms with E-state index in [4.69, 9.17) is 0 Å². The number of amides is 1. The second-order valence-electron chi connectivity index (χ2n) is 5.68. The monoisotopic (exact) mass is 345 g/mol. The van der Waals surface area contributed by atoms with Gasteiger partial charge in [0.15, 0.2) is 0 Å². The summed E-state index contributed by atoms with van der Waals surface area (Å²) in [4.78, 5) is 12.5. The van der Waals surface area contributed by atoms with E-state index in [1.54, 1.807) is 0 Å². The zero-order valence-electron chi connectivity index (χ0n) is 11.5. The molecule has 21 heavy (non-hydrogen) atoms. The van der Waals surface area contributed by atoms with Gasteiger partial charge in [-0.25, -0.2) is 0 Å². The summed E-state index contributed by atoms with van der Waals surface area (Å²) >= 11 is 3.46. The molecule has 2 aliphatic rings. The molecule has 0 atom stereocenters.